The van der Waals surface area contributed by atoms with Gasteiger partial charge in [-0.15, -0.1) is 0 Å². The van der Waals surface area contributed by atoms with Crippen LogP contribution in [0.1, 0.15) is 37.0 Å². The van der Waals surface area contributed by atoms with E-state index in [0.717, 1.165) is 17.9 Å². The molecule has 0 aliphatic heterocycles. The Labute approximate surface area is 145 Å². The number of ether oxygens (including phenoxy) is 1. The molecule has 24 heavy (non-hydrogen) atoms. The largest absolute Gasteiger partial charge is 0.494 e. The highest BCUT2D eigenvalue weighted by molar-refractivity contribution is 5.90. The first-order valence-corrected chi connectivity index (χ1v) is 8.56. The van der Waals surface area contributed by atoms with Crippen LogP contribution in [-0.4, -0.2) is 12.5 Å². The predicted molar refractivity (Wildman–Crippen MR) is 99.6 cm³/mol. The number of nitrogens with one attached hydrogen (secondary N) is 1. The third-order valence-electron chi connectivity index (χ3n) is 3.85. The average molecular weight is 325 g/mol. The van der Waals surface area contributed by atoms with E-state index in [-0.39, 0.29) is 5.91 Å². The van der Waals surface area contributed by atoms with E-state index in [4.69, 9.17) is 4.74 Å². The molecule has 0 radical (unpaired) electrons. The van der Waals surface area contributed by atoms with Gasteiger partial charge in [-0.25, -0.2) is 0 Å². The van der Waals surface area contributed by atoms with Gasteiger partial charge in [0.15, 0.2) is 0 Å². The summed E-state index contributed by atoms with van der Waals surface area (Å²) in [6.07, 6.45) is 1.43. The maximum atomic E-state index is 12.2. The molecule has 1 amide bonds. The van der Waals surface area contributed by atoms with E-state index >= 15 is 0 Å². The molecule has 0 saturated heterocycles. The first-order valence-electron chi connectivity index (χ1n) is 8.56. The number of amides is 1. The molecule has 0 fully saturated rings. The van der Waals surface area contributed by atoms with E-state index in [0.29, 0.717) is 18.9 Å². The van der Waals surface area contributed by atoms with E-state index in [1.807, 2.05) is 31.2 Å². The van der Waals surface area contributed by atoms with Crippen molar-refractivity contribution < 1.29 is 9.53 Å². The van der Waals surface area contributed by atoms with Crippen LogP contribution in [0.15, 0.2) is 42.5 Å². The summed E-state index contributed by atoms with van der Waals surface area (Å²) >= 11 is 0. The summed E-state index contributed by atoms with van der Waals surface area (Å²) in [5.74, 6) is 1.17. The van der Waals surface area contributed by atoms with Gasteiger partial charge in [-0.05, 0) is 62.9 Å². The summed E-state index contributed by atoms with van der Waals surface area (Å²) in [4.78, 5) is 12.2. The standard InChI is InChI=1S/C21H27NO2/c1-5-24-20-8-6-19(7-9-20)22-21(23)14-17(4)13-18-11-15(2)10-16(3)12-18/h6-12,17H,5,13-14H2,1-4H3,(H,22,23)/t17-/m0/s1. The third kappa shape index (κ3) is 5.73. The lowest BCUT2D eigenvalue weighted by Crippen LogP contribution is -2.16. The second kappa shape index (κ2) is 8.53. The molecule has 2 aromatic rings. The van der Waals surface area contributed by atoms with Gasteiger partial charge in [-0.1, -0.05) is 36.2 Å². The summed E-state index contributed by atoms with van der Waals surface area (Å²) in [6.45, 7) is 8.93. The minimum Gasteiger partial charge on any atom is -0.494 e. The van der Waals surface area contributed by atoms with Crippen molar-refractivity contribution in [3.05, 3.63) is 59.2 Å². The number of hydrogen-bond donors (Lipinski definition) is 1. The van der Waals surface area contributed by atoms with Crippen molar-refractivity contribution in [2.24, 2.45) is 5.92 Å². The SMILES string of the molecule is CCOc1ccc(NC(=O)C[C@@H](C)Cc2cc(C)cc(C)c2)cc1. The Bertz CT molecular complexity index is 656. The highest BCUT2D eigenvalue weighted by atomic mass is 16.5. The molecule has 1 atom stereocenters. The van der Waals surface area contributed by atoms with E-state index < -0.39 is 0 Å². The van der Waals surface area contributed by atoms with Crippen molar-refractivity contribution in [1.82, 2.24) is 0 Å². The molecular formula is C21H27NO2. The molecule has 0 aromatic heterocycles. The molecule has 0 aliphatic rings. The minimum atomic E-state index is 0.0519. The Morgan fingerprint density at radius 3 is 2.29 bits per heavy atom. The van der Waals surface area contributed by atoms with Crippen LogP contribution in [0, 0.1) is 19.8 Å². The normalized spacial score (nSPS) is 11.8. The van der Waals surface area contributed by atoms with Crippen LogP contribution in [0.25, 0.3) is 0 Å². The average Bonchev–Trinajstić information content (AvgIpc) is 2.48. The van der Waals surface area contributed by atoms with Gasteiger partial charge >= 0.3 is 0 Å². The molecule has 2 rings (SSSR count). The summed E-state index contributed by atoms with van der Waals surface area (Å²) in [5, 5.41) is 2.96. The monoisotopic (exact) mass is 325 g/mol. The fourth-order valence-corrected chi connectivity index (χ4v) is 2.99. The first kappa shape index (κ1) is 18.1. The lowest BCUT2D eigenvalue weighted by Gasteiger charge is -2.13. The molecule has 128 valence electrons. The Morgan fingerprint density at radius 1 is 1.08 bits per heavy atom. The van der Waals surface area contributed by atoms with E-state index in [1.165, 1.54) is 16.7 Å². The molecule has 1 N–H and O–H groups in total. The Balaban J connectivity index is 1.86. The summed E-state index contributed by atoms with van der Waals surface area (Å²) < 4.78 is 5.40. The molecular weight excluding hydrogens is 298 g/mol. The lowest BCUT2D eigenvalue weighted by molar-refractivity contribution is -0.116. The maximum absolute atomic E-state index is 12.2. The smallest absolute Gasteiger partial charge is 0.224 e. The fourth-order valence-electron chi connectivity index (χ4n) is 2.99. The Kier molecular flexibility index (Phi) is 6.42. The zero-order chi connectivity index (χ0) is 17.5. The van der Waals surface area contributed by atoms with Crippen LogP contribution in [0.2, 0.25) is 0 Å². The van der Waals surface area contributed by atoms with Gasteiger partial charge in [0.25, 0.3) is 0 Å². The predicted octanol–water partition coefficient (Wildman–Crippen LogP) is 4.91. The van der Waals surface area contributed by atoms with Crippen LogP contribution in [-0.2, 0) is 11.2 Å². The van der Waals surface area contributed by atoms with Crippen molar-refractivity contribution in [1.29, 1.82) is 0 Å². The third-order valence-corrected chi connectivity index (χ3v) is 3.85. The van der Waals surface area contributed by atoms with E-state index in [1.54, 1.807) is 0 Å². The highest BCUT2D eigenvalue weighted by Crippen LogP contribution is 2.18. The Hall–Kier alpha value is -2.29. The molecule has 0 unspecified atom stereocenters. The van der Waals surface area contributed by atoms with Gasteiger partial charge in [0.05, 0.1) is 6.61 Å². The number of carbonyl (C=O) groups excluding carboxylic acids is 1. The molecule has 0 heterocycles. The van der Waals surface area contributed by atoms with Gasteiger partial charge in [0.1, 0.15) is 5.75 Å². The van der Waals surface area contributed by atoms with Gasteiger partial charge < -0.3 is 10.1 Å². The molecule has 0 spiro atoms. The molecule has 0 saturated carbocycles. The maximum Gasteiger partial charge on any atom is 0.224 e. The van der Waals surface area contributed by atoms with Crippen LogP contribution >= 0.6 is 0 Å². The Morgan fingerprint density at radius 2 is 1.71 bits per heavy atom. The highest BCUT2D eigenvalue weighted by Gasteiger charge is 2.11. The van der Waals surface area contributed by atoms with Crippen molar-refractivity contribution in [2.75, 3.05) is 11.9 Å². The summed E-state index contributed by atoms with van der Waals surface area (Å²) in [6, 6.07) is 14.1. The summed E-state index contributed by atoms with van der Waals surface area (Å²) in [5.41, 5.74) is 4.66. The number of anilines is 1. The minimum absolute atomic E-state index is 0.0519. The van der Waals surface area contributed by atoms with Crippen molar-refractivity contribution in [3.8, 4) is 5.75 Å². The van der Waals surface area contributed by atoms with Crippen molar-refractivity contribution in [2.45, 2.75) is 40.5 Å². The van der Waals surface area contributed by atoms with Gasteiger partial charge in [-0.3, -0.25) is 4.79 Å². The van der Waals surface area contributed by atoms with Crippen LogP contribution in [0.5, 0.6) is 5.75 Å². The number of rotatable bonds is 7. The van der Waals surface area contributed by atoms with Gasteiger partial charge in [-0.2, -0.15) is 0 Å². The topological polar surface area (TPSA) is 38.3 Å². The first-order chi connectivity index (χ1) is 11.5. The van der Waals surface area contributed by atoms with E-state index in [9.17, 15) is 4.79 Å². The van der Waals surface area contributed by atoms with Crippen molar-refractivity contribution >= 4 is 11.6 Å². The molecule has 3 nitrogen and oxygen atoms in total. The second-order valence-electron chi connectivity index (χ2n) is 6.51. The van der Waals surface area contributed by atoms with Crippen molar-refractivity contribution in [3.63, 3.8) is 0 Å². The van der Waals surface area contributed by atoms with Crippen LogP contribution < -0.4 is 10.1 Å². The number of benzene rings is 2. The van der Waals surface area contributed by atoms with Gasteiger partial charge in [0.2, 0.25) is 5.91 Å². The number of carbonyl (C=O) groups is 1. The number of hydrogen-bond acceptors (Lipinski definition) is 2. The molecule has 0 bridgehead atoms. The summed E-state index contributed by atoms with van der Waals surface area (Å²) in [7, 11) is 0. The van der Waals surface area contributed by atoms with Gasteiger partial charge in [0, 0.05) is 12.1 Å². The van der Waals surface area contributed by atoms with Crippen LogP contribution in [0.4, 0.5) is 5.69 Å². The quantitative estimate of drug-likeness (QED) is 0.785. The second-order valence-corrected chi connectivity index (χ2v) is 6.51. The lowest BCUT2D eigenvalue weighted by atomic mass is 9.95. The molecule has 3 heteroatoms. The van der Waals surface area contributed by atoms with Crippen LogP contribution in [0.3, 0.4) is 0 Å². The molecule has 0 aliphatic carbocycles. The zero-order valence-corrected chi connectivity index (χ0v) is 15.1. The zero-order valence-electron chi connectivity index (χ0n) is 15.1. The number of aryl methyl sites for hydroxylation is 2. The van der Waals surface area contributed by atoms with E-state index in [2.05, 4.69) is 44.3 Å². The fraction of sp³-hybridized carbons (Fsp3) is 0.381. The molecule has 2 aromatic carbocycles.